The molecule has 0 bridgehead atoms. The monoisotopic (exact) mass is 236 g/mol. The number of aliphatic carboxylic acids is 1. The van der Waals surface area contributed by atoms with Crippen LogP contribution < -0.4 is 0 Å². The van der Waals surface area contributed by atoms with Gasteiger partial charge in [-0.05, 0) is 26.7 Å². The molecule has 0 aromatic carbocycles. The minimum absolute atomic E-state index is 0.276. The molecule has 0 amide bonds. The number of nitrogens with zero attached hydrogens (tertiary/aromatic N) is 2. The molecular weight excluding hydrogens is 216 g/mol. The fourth-order valence-corrected chi connectivity index (χ4v) is 2.65. The summed E-state index contributed by atoms with van der Waals surface area (Å²) >= 11 is 0. The number of carboxylic acid groups (broad SMARTS) is 1. The zero-order valence-electron chi connectivity index (χ0n) is 10.5. The summed E-state index contributed by atoms with van der Waals surface area (Å²) in [6, 6.07) is 0.276. The molecule has 0 radical (unpaired) electrons. The summed E-state index contributed by atoms with van der Waals surface area (Å²) in [4.78, 5) is 11.6. The van der Waals surface area contributed by atoms with E-state index in [-0.39, 0.29) is 6.04 Å². The topological polar surface area (TPSA) is 55.1 Å². The first-order valence-electron chi connectivity index (χ1n) is 6.34. The highest BCUT2D eigenvalue weighted by Crippen LogP contribution is 2.39. The van der Waals surface area contributed by atoms with E-state index in [1.54, 1.807) is 6.20 Å². The maximum Gasteiger partial charge on any atom is 0.314 e. The average molecular weight is 236 g/mol. The van der Waals surface area contributed by atoms with Crippen LogP contribution in [0, 0.1) is 0 Å². The molecule has 4 heteroatoms. The normalized spacial score (nSPS) is 19.5. The summed E-state index contributed by atoms with van der Waals surface area (Å²) in [5.41, 5.74) is 0.184. The van der Waals surface area contributed by atoms with Gasteiger partial charge in [0.05, 0.1) is 11.6 Å². The van der Waals surface area contributed by atoms with Gasteiger partial charge in [0.2, 0.25) is 0 Å². The predicted molar refractivity (Wildman–Crippen MR) is 65.0 cm³/mol. The number of rotatable bonds is 3. The van der Waals surface area contributed by atoms with Gasteiger partial charge in [-0.15, -0.1) is 0 Å². The lowest BCUT2D eigenvalue weighted by Crippen LogP contribution is -2.37. The summed E-state index contributed by atoms with van der Waals surface area (Å²) in [7, 11) is 0. The minimum atomic E-state index is -0.694. The summed E-state index contributed by atoms with van der Waals surface area (Å²) < 4.78 is 1.84. The highest BCUT2D eigenvalue weighted by atomic mass is 16.4. The molecule has 1 heterocycles. The zero-order chi connectivity index (χ0) is 12.5. The molecular formula is C13H20N2O2. The molecule has 4 nitrogen and oxygen atoms in total. The molecule has 94 valence electrons. The molecule has 1 fully saturated rings. The van der Waals surface area contributed by atoms with E-state index in [2.05, 4.69) is 5.10 Å². The standard InChI is InChI=1S/C13H20N2O2/c1-10(2)15-9-11(8-14-15)13(12(16)17)6-4-3-5-7-13/h8-10H,3-7H2,1-2H3,(H,16,17). The van der Waals surface area contributed by atoms with Crippen molar-refractivity contribution in [3.05, 3.63) is 18.0 Å². The van der Waals surface area contributed by atoms with Gasteiger partial charge in [0.1, 0.15) is 0 Å². The van der Waals surface area contributed by atoms with E-state index in [0.717, 1.165) is 37.7 Å². The van der Waals surface area contributed by atoms with Crippen LogP contribution in [0.5, 0.6) is 0 Å². The Bertz CT molecular complexity index is 403. The van der Waals surface area contributed by atoms with Gasteiger partial charge in [-0.1, -0.05) is 19.3 Å². The molecule has 1 N–H and O–H groups in total. The van der Waals surface area contributed by atoms with Gasteiger partial charge in [0.15, 0.2) is 0 Å². The van der Waals surface area contributed by atoms with Gasteiger partial charge in [-0.3, -0.25) is 9.48 Å². The zero-order valence-corrected chi connectivity index (χ0v) is 10.5. The van der Waals surface area contributed by atoms with E-state index >= 15 is 0 Å². The van der Waals surface area contributed by atoms with Crippen LogP contribution in [0.1, 0.15) is 57.6 Å². The number of carbonyl (C=O) groups is 1. The predicted octanol–water partition coefficient (Wildman–Crippen LogP) is 2.75. The fraction of sp³-hybridized carbons (Fsp3) is 0.692. The van der Waals surface area contributed by atoms with Crippen LogP contribution >= 0.6 is 0 Å². The quantitative estimate of drug-likeness (QED) is 0.878. The Morgan fingerprint density at radius 3 is 2.53 bits per heavy atom. The van der Waals surface area contributed by atoms with E-state index in [1.165, 1.54) is 0 Å². The fourth-order valence-electron chi connectivity index (χ4n) is 2.65. The highest BCUT2D eigenvalue weighted by molar-refractivity contribution is 5.81. The Kier molecular flexibility index (Phi) is 3.22. The molecule has 0 aliphatic heterocycles. The van der Waals surface area contributed by atoms with Gasteiger partial charge >= 0.3 is 5.97 Å². The number of carboxylic acids is 1. The third kappa shape index (κ3) is 2.08. The van der Waals surface area contributed by atoms with Crippen LogP contribution in [0.25, 0.3) is 0 Å². The molecule has 1 aromatic heterocycles. The van der Waals surface area contributed by atoms with Crippen LogP contribution in [0.4, 0.5) is 0 Å². The van der Waals surface area contributed by atoms with Gasteiger partial charge in [-0.2, -0.15) is 5.10 Å². The molecule has 1 aromatic rings. The number of hydrogen-bond donors (Lipinski definition) is 1. The number of aromatic nitrogens is 2. The van der Waals surface area contributed by atoms with Crippen molar-refractivity contribution in [2.24, 2.45) is 0 Å². The first-order chi connectivity index (χ1) is 8.06. The second-order valence-corrected chi connectivity index (χ2v) is 5.25. The van der Waals surface area contributed by atoms with Crippen LogP contribution in [-0.2, 0) is 10.2 Å². The molecule has 17 heavy (non-hydrogen) atoms. The lowest BCUT2D eigenvalue weighted by atomic mass is 9.70. The van der Waals surface area contributed by atoms with Crippen molar-refractivity contribution in [1.29, 1.82) is 0 Å². The average Bonchev–Trinajstić information content (AvgIpc) is 2.79. The molecule has 0 atom stereocenters. The van der Waals surface area contributed by atoms with Crippen molar-refractivity contribution in [2.75, 3.05) is 0 Å². The van der Waals surface area contributed by atoms with Gasteiger partial charge in [0.25, 0.3) is 0 Å². The number of hydrogen-bond acceptors (Lipinski definition) is 2. The minimum Gasteiger partial charge on any atom is -0.481 e. The van der Waals surface area contributed by atoms with E-state index in [9.17, 15) is 9.90 Å². The van der Waals surface area contributed by atoms with Gasteiger partial charge in [-0.25, -0.2) is 0 Å². The Hall–Kier alpha value is -1.32. The first kappa shape index (κ1) is 12.1. The van der Waals surface area contributed by atoms with Crippen molar-refractivity contribution in [1.82, 2.24) is 9.78 Å². The van der Waals surface area contributed by atoms with Crippen molar-refractivity contribution < 1.29 is 9.90 Å². The maximum absolute atomic E-state index is 11.6. The largest absolute Gasteiger partial charge is 0.481 e. The second-order valence-electron chi connectivity index (χ2n) is 5.25. The molecule has 0 saturated heterocycles. The highest BCUT2D eigenvalue weighted by Gasteiger charge is 2.42. The molecule has 1 aliphatic carbocycles. The van der Waals surface area contributed by atoms with Crippen molar-refractivity contribution in [3.63, 3.8) is 0 Å². The van der Waals surface area contributed by atoms with Crippen molar-refractivity contribution in [2.45, 2.75) is 57.4 Å². The van der Waals surface area contributed by atoms with Gasteiger partial charge in [0, 0.05) is 17.8 Å². The van der Waals surface area contributed by atoms with Crippen LogP contribution in [0.3, 0.4) is 0 Å². The van der Waals surface area contributed by atoms with Crippen molar-refractivity contribution in [3.8, 4) is 0 Å². The lowest BCUT2D eigenvalue weighted by molar-refractivity contribution is -0.145. The molecule has 1 aliphatic rings. The first-order valence-corrected chi connectivity index (χ1v) is 6.34. The molecule has 0 spiro atoms. The van der Waals surface area contributed by atoms with E-state index < -0.39 is 11.4 Å². The third-order valence-corrected chi connectivity index (χ3v) is 3.80. The van der Waals surface area contributed by atoms with Crippen LogP contribution in [-0.4, -0.2) is 20.9 Å². The van der Waals surface area contributed by atoms with Crippen LogP contribution in [0.15, 0.2) is 12.4 Å². The van der Waals surface area contributed by atoms with E-state index in [4.69, 9.17) is 0 Å². The molecule has 1 saturated carbocycles. The molecule has 2 rings (SSSR count). The Labute approximate surface area is 102 Å². The summed E-state index contributed by atoms with van der Waals surface area (Å²) in [5.74, 6) is -0.694. The second kappa shape index (κ2) is 4.51. The van der Waals surface area contributed by atoms with E-state index in [1.807, 2.05) is 24.7 Å². The smallest absolute Gasteiger partial charge is 0.314 e. The Balaban J connectivity index is 2.35. The Morgan fingerprint density at radius 1 is 1.41 bits per heavy atom. The Morgan fingerprint density at radius 2 is 2.06 bits per heavy atom. The summed E-state index contributed by atoms with van der Waals surface area (Å²) in [6.07, 6.45) is 8.27. The summed E-state index contributed by atoms with van der Waals surface area (Å²) in [5, 5.41) is 13.8. The maximum atomic E-state index is 11.6. The summed E-state index contributed by atoms with van der Waals surface area (Å²) in [6.45, 7) is 4.09. The van der Waals surface area contributed by atoms with Crippen molar-refractivity contribution >= 4 is 5.97 Å². The molecule has 0 unspecified atom stereocenters. The van der Waals surface area contributed by atoms with E-state index in [0.29, 0.717) is 0 Å². The van der Waals surface area contributed by atoms with Crippen LogP contribution in [0.2, 0.25) is 0 Å². The van der Waals surface area contributed by atoms with Gasteiger partial charge < -0.3 is 5.11 Å². The third-order valence-electron chi connectivity index (χ3n) is 3.80. The SMILES string of the molecule is CC(C)n1cc(C2(C(=O)O)CCCCC2)cn1. The lowest BCUT2D eigenvalue weighted by Gasteiger charge is -2.32.